The highest BCUT2D eigenvalue weighted by atomic mass is 32.2. The van der Waals surface area contributed by atoms with Gasteiger partial charge >= 0.3 is 5.97 Å². The van der Waals surface area contributed by atoms with Crippen molar-refractivity contribution in [3.63, 3.8) is 0 Å². The topological polar surface area (TPSA) is 102 Å². The molecule has 8 heteroatoms. The van der Waals surface area contributed by atoms with E-state index < -0.39 is 21.7 Å². The zero-order chi connectivity index (χ0) is 11.3. The Bertz CT molecular complexity index is 307. The van der Waals surface area contributed by atoms with Crippen LogP contribution in [0.15, 0.2) is 0 Å². The van der Waals surface area contributed by atoms with E-state index in [2.05, 4.69) is 4.72 Å². The molecule has 1 heterocycles. The van der Waals surface area contributed by atoms with Crippen LogP contribution in [-0.4, -0.2) is 57.7 Å². The predicted octanol–water partition coefficient (Wildman–Crippen LogP) is -1.59. The second-order valence-corrected chi connectivity index (χ2v) is 4.88. The van der Waals surface area contributed by atoms with Gasteiger partial charge in [0.25, 0.3) is 0 Å². The summed E-state index contributed by atoms with van der Waals surface area (Å²) in [6, 6.07) is 0. The molecule has 0 saturated carbocycles. The average Bonchev–Trinajstić information content (AvgIpc) is 2.15. The minimum absolute atomic E-state index is 0.0373. The molecule has 0 bridgehead atoms. The minimum atomic E-state index is -3.77. The molecule has 0 spiro atoms. The van der Waals surface area contributed by atoms with Crippen LogP contribution in [0.1, 0.15) is 0 Å². The largest absolute Gasteiger partial charge is 0.480 e. The molecule has 1 fully saturated rings. The van der Waals surface area contributed by atoms with Gasteiger partial charge in [0, 0.05) is 6.54 Å². The van der Waals surface area contributed by atoms with Gasteiger partial charge in [0.05, 0.1) is 25.9 Å². The summed E-state index contributed by atoms with van der Waals surface area (Å²) < 4.78 is 34.6. The maximum atomic E-state index is 11.1. The number of rotatable bonds is 5. The Hall–Kier alpha value is -0.700. The molecule has 1 saturated heterocycles. The van der Waals surface area contributed by atoms with Gasteiger partial charge in [-0.25, -0.2) is 13.1 Å². The van der Waals surface area contributed by atoms with Crippen molar-refractivity contribution in [3.05, 3.63) is 0 Å². The smallest absolute Gasteiger partial charge is 0.320 e. The van der Waals surface area contributed by atoms with Gasteiger partial charge in [-0.15, -0.1) is 0 Å². The number of sulfonamides is 1. The van der Waals surface area contributed by atoms with Gasteiger partial charge in [0.1, 0.15) is 0 Å². The van der Waals surface area contributed by atoms with Crippen LogP contribution in [0.3, 0.4) is 0 Å². The highest BCUT2D eigenvalue weighted by Crippen LogP contribution is 1.99. The third-order valence-electron chi connectivity index (χ3n) is 1.73. The quantitative estimate of drug-likeness (QED) is 0.599. The Labute approximate surface area is 87.4 Å². The SMILES string of the molecule is O=C(O)CS(=O)(=O)NCC1COCCO1. The monoisotopic (exact) mass is 239 g/mol. The Kier molecular flexibility index (Phi) is 4.45. The summed E-state index contributed by atoms with van der Waals surface area (Å²) in [4.78, 5) is 10.2. The Morgan fingerprint density at radius 2 is 2.20 bits per heavy atom. The molecule has 1 atom stereocenters. The Balaban J connectivity index is 2.31. The molecule has 1 unspecified atom stereocenters. The van der Waals surface area contributed by atoms with Crippen molar-refractivity contribution < 1.29 is 27.8 Å². The van der Waals surface area contributed by atoms with Gasteiger partial charge in [-0.3, -0.25) is 4.79 Å². The molecule has 7 nitrogen and oxygen atoms in total. The maximum Gasteiger partial charge on any atom is 0.320 e. The lowest BCUT2D eigenvalue weighted by molar-refractivity contribution is -0.134. The molecule has 15 heavy (non-hydrogen) atoms. The minimum Gasteiger partial charge on any atom is -0.480 e. The average molecular weight is 239 g/mol. The lowest BCUT2D eigenvalue weighted by Crippen LogP contribution is -2.41. The number of hydrogen-bond donors (Lipinski definition) is 2. The number of carboxylic acid groups (broad SMARTS) is 1. The van der Waals surface area contributed by atoms with Crippen molar-refractivity contribution in [2.24, 2.45) is 0 Å². The van der Waals surface area contributed by atoms with Crippen LogP contribution in [0.25, 0.3) is 0 Å². The zero-order valence-electron chi connectivity index (χ0n) is 8.01. The molecular formula is C7H13NO6S. The molecular weight excluding hydrogens is 226 g/mol. The molecule has 0 aromatic heterocycles. The van der Waals surface area contributed by atoms with Gasteiger partial charge in [0.2, 0.25) is 10.0 Å². The lowest BCUT2D eigenvalue weighted by atomic mass is 10.3. The summed E-state index contributed by atoms with van der Waals surface area (Å²) in [6.45, 7) is 1.27. The van der Waals surface area contributed by atoms with E-state index in [-0.39, 0.29) is 12.6 Å². The van der Waals surface area contributed by atoms with Crippen molar-refractivity contribution in [1.29, 1.82) is 0 Å². The first-order valence-electron chi connectivity index (χ1n) is 4.38. The second kappa shape index (κ2) is 5.40. The van der Waals surface area contributed by atoms with Crippen molar-refractivity contribution in [2.45, 2.75) is 6.10 Å². The first kappa shape index (κ1) is 12.4. The summed E-state index contributed by atoms with van der Waals surface area (Å²) in [5.41, 5.74) is 0. The van der Waals surface area contributed by atoms with Crippen LogP contribution in [0.2, 0.25) is 0 Å². The number of carboxylic acids is 1. The summed E-state index contributed by atoms with van der Waals surface area (Å²) in [7, 11) is -3.77. The standard InChI is InChI=1S/C7H13NO6S/c9-7(10)5-15(11,12)8-3-6-4-13-1-2-14-6/h6,8H,1-5H2,(H,9,10). The molecule has 0 aliphatic carbocycles. The number of aliphatic carboxylic acids is 1. The number of nitrogens with one attached hydrogen (secondary N) is 1. The molecule has 0 aromatic rings. The zero-order valence-corrected chi connectivity index (χ0v) is 8.83. The number of carbonyl (C=O) groups is 1. The fraction of sp³-hybridized carbons (Fsp3) is 0.857. The van der Waals surface area contributed by atoms with E-state index in [0.29, 0.717) is 19.8 Å². The summed E-state index contributed by atoms with van der Waals surface area (Å²) in [5.74, 6) is -2.32. The van der Waals surface area contributed by atoms with Gasteiger partial charge in [-0.05, 0) is 0 Å². The van der Waals surface area contributed by atoms with E-state index in [1.807, 2.05) is 0 Å². The van der Waals surface area contributed by atoms with Crippen LogP contribution in [0, 0.1) is 0 Å². The van der Waals surface area contributed by atoms with Crippen LogP contribution < -0.4 is 4.72 Å². The fourth-order valence-electron chi connectivity index (χ4n) is 1.09. The van der Waals surface area contributed by atoms with E-state index in [4.69, 9.17) is 14.6 Å². The van der Waals surface area contributed by atoms with E-state index >= 15 is 0 Å². The first-order valence-corrected chi connectivity index (χ1v) is 6.03. The van der Waals surface area contributed by atoms with E-state index in [1.165, 1.54) is 0 Å². The first-order chi connectivity index (χ1) is 6.99. The second-order valence-electron chi connectivity index (χ2n) is 3.07. The molecule has 0 amide bonds. The highest BCUT2D eigenvalue weighted by Gasteiger charge is 2.19. The third-order valence-corrected chi connectivity index (χ3v) is 2.96. The molecule has 1 aliphatic rings. The summed E-state index contributed by atoms with van der Waals surface area (Å²) in [6.07, 6.45) is -0.345. The molecule has 2 N–H and O–H groups in total. The van der Waals surface area contributed by atoms with Crippen molar-refractivity contribution in [1.82, 2.24) is 4.72 Å². The maximum absolute atomic E-state index is 11.1. The predicted molar refractivity (Wildman–Crippen MR) is 50.0 cm³/mol. The van der Waals surface area contributed by atoms with Crippen molar-refractivity contribution >= 4 is 16.0 Å². The van der Waals surface area contributed by atoms with Crippen LogP contribution in [0.4, 0.5) is 0 Å². The molecule has 0 radical (unpaired) electrons. The molecule has 1 rings (SSSR count). The summed E-state index contributed by atoms with van der Waals surface area (Å²) in [5, 5.41) is 8.31. The normalized spacial score (nSPS) is 22.5. The van der Waals surface area contributed by atoms with E-state index in [0.717, 1.165) is 0 Å². The van der Waals surface area contributed by atoms with E-state index in [9.17, 15) is 13.2 Å². The van der Waals surface area contributed by atoms with Crippen molar-refractivity contribution in [3.8, 4) is 0 Å². The van der Waals surface area contributed by atoms with Gasteiger partial charge in [-0.1, -0.05) is 0 Å². The van der Waals surface area contributed by atoms with E-state index in [1.54, 1.807) is 0 Å². The third kappa shape index (κ3) is 5.07. The Morgan fingerprint density at radius 3 is 2.73 bits per heavy atom. The lowest BCUT2D eigenvalue weighted by Gasteiger charge is -2.22. The number of ether oxygens (including phenoxy) is 2. The van der Waals surface area contributed by atoms with Crippen LogP contribution in [-0.2, 0) is 24.3 Å². The fourth-order valence-corrected chi connectivity index (χ4v) is 1.95. The highest BCUT2D eigenvalue weighted by molar-refractivity contribution is 7.90. The Morgan fingerprint density at radius 1 is 1.47 bits per heavy atom. The van der Waals surface area contributed by atoms with Gasteiger partial charge in [-0.2, -0.15) is 0 Å². The van der Waals surface area contributed by atoms with Crippen LogP contribution in [0.5, 0.6) is 0 Å². The van der Waals surface area contributed by atoms with Crippen LogP contribution >= 0.6 is 0 Å². The summed E-state index contributed by atoms with van der Waals surface area (Å²) >= 11 is 0. The molecule has 1 aliphatic heterocycles. The number of hydrogen-bond acceptors (Lipinski definition) is 5. The van der Waals surface area contributed by atoms with Gasteiger partial charge in [0.15, 0.2) is 5.75 Å². The van der Waals surface area contributed by atoms with Crippen molar-refractivity contribution in [2.75, 3.05) is 32.1 Å². The van der Waals surface area contributed by atoms with Gasteiger partial charge < -0.3 is 14.6 Å². The molecule has 0 aromatic carbocycles. The molecule has 88 valence electrons.